The van der Waals surface area contributed by atoms with E-state index in [4.69, 9.17) is 0 Å². The molecule has 2 nitrogen and oxygen atoms in total. The van der Waals surface area contributed by atoms with Gasteiger partial charge in [0.05, 0.1) is 0 Å². The van der Waals surface area contributed by atoms with Crippen molar-refractivity contribution in [3.8, 4) is 0 Å². The van der Waals surface area contributed by atoms with Crippen LogP contribution in [0.15, 0.2) is 12.3 Å². The van der Waals surface area contributed by atoms with Crippen LogP contribution in [-0.2, 0) is 6.42 Å². The minimum atomic E-state index is 0.615. The summed E-state index contributed by atoms with van der Waals surface area (Å²) in [4.78, 5) is 4.44. The first kappa shape index (κ1) is 8.54. The van der Waals surface area contributed by atoms with Crippen molar-refractivity contribution in [1.29, 1.82) is 0 Å². The van der Waals surface area contributed by atoms with E-state index in [9.17, 15) is 0 Å². The van der Waals surface area contributed by atoms with E-state index in [1.165, 1.54) is 17.9 Å². The predicted molar refractivity (Wildman–Crippen MR) is 54.6 cm³/mol. The van der Waals surface area contributed by atoms with Gasteiger partial charge < -0.3 is 4.57 Å². The Labute approximate surface area is 79.3 Å². The Morgan fingerprint density at radius 2 is 2.46 bits per heavy atom. The molecule has 1 aliphatic rings. The molecule has 0 fully saturated rings. The standard InChI is InChI=1S/C11H16N2/c1-3-9(2)10-8-12-11-6-4-5-7-13(10)11/h5,7-9H,3-4,6H2,1-2H3. The lowest BCUT2D eigenvalue weighted by Crippen LogP contribution is -2.06. The molecule has 0 aliphatic carbocycles. The van der Waals surface area contributed by atoms with Crippen molar-refractivity contribution in [2.75, 3.05) is 0 Å². The summed E-state index contributed by atoms with van der Waals surface area (Å²) in [6, 6.07) is 0. The smallest absolute Gasteiger partial charge is 0.113 e. The predicted octanol–water partition coefficient (Wildman–Crippen LogP) is 2.81. The molecule has 13 heavy (non-hydrogen) atoms. The molecule has 1 aromatic heterocycles. The zero-order valence-electron chi connectivity index (χ0n) is 8.33. The lowest BCUT2D eigenvalue weighted by Gasteiger charge is -2.13. The maximum Gasteiger partial charge on any atom is 0.113 e. The number of fused-ring (bicyclic) bond motifs is 1. The summed E-state index contributed by atoms with van der Waals surface area (Å²) >= 11 is 0. The van der Waals surface area contributed by atoms with Gasteiger partial charge in [-0.2, -0.15) is 0 Å². The van der Waals surface area contributed by atoms with Crippen LogP contribution in [-0.4, -0.2) is 9.55 Å². The number of aromatic nitrogens is 2. The summed E-state index contributed by atoms with van der Waals surface area (Å²) < 4.78 is 2.25. The largest absolute Gasteiger partial charge is 0.308 e. The number of aryl methyl sites for hydroxylation is 1. The summed E-state index contributed by atoms with van der Waals surface area (Å²) in [6.07, 6.45) is 9.82. The number of allylic oxidation sites excluding steroid dienone is 1. The monoisotopic (exact) mass is 176 g/mol. The Balaban J connectivity index is 2.38. The highest BCUT2D eigenvalue weighted by molar-refractivity contribution is 5.33. The summed E-state index contributed by atoms with van der Waals surface area (Å²) in [7, 11) is 0. The normalized spacial score (nSPS) is 17.1. The molecule has 1 atom stereocenters. The zero-order valence-corrected chi connectivity index (χ0v) is 8.33. The van der Waals surface area contributed by atoms with Crippen LogP contribution in [0.4, 0.5) is 0 Å². The lowest BCUT2D eigenvalue weighted by molar-refractivity contribution is 0.683. The van der Waals surface area contributed by atoms with Crippen LogP contribution in [0.2, 0.25) is 0 Å². The van der Waals surface area contributed by atoms with E-state index >= 15 is 0 Å². The Kier molecular flexibility index (Phi) is 2.21. The van der Waals surface area contributed by atoms with E-state index in [0.717, 1.165) is 12.8 Å². The van der Waals surface area contributed by atoms with E-state index in [1.807, 2.05) is 6.20 Å². The van der Waals surface area contributed by atoms with E-state index < -0.39 is 0 Å². The molecule has 1 aromatic rings. The summed E-state index contributed by atoms with van der Waals surface area (Å²) in [5.74, 6) is 1.84. The topological polar surface area (TPSA) is 17.8 Å². The quantitative estimate of drug-likeness (QED) is 0.677. The Bertz CT molecular complexity index is 323. The number of nitrogens with zero attached hydrogens (tertiary/aromatic N) is 2. The summed E-state index contributed by atoms with van der Waals surface area (Å²) in [5, 5.41) is 0. The third-order valence-corrected chi connectivity index (χ3v) is 2.81. The van der Waals surface area contributed by atoms with Crippen LogP contribution in [0.1, 0.15) is 44.1 Å². The molecule has 0 N–H and O–H groups in total. The number of hydrogen-bond donors (Lipinski definition) is 0. The second-order valence-electron chi connectivity index (χ2n) is 3.70. The van der Waals surface area contributed by atoms with Gasteiger partial charge >= 0.3 is 0 Å². The lowest BCUT2D eigenvalue weighted by atomic mass is 10.1. The molecule has 0 spiro atoms. The highest BCUT2D eigenvalue weighted by atomic mass is 15.1. The minimum Gasteiger partial charge on any atom is -0.308 e. The van der Waals surface area contributed by atoms with Gasteiger partial charge in [0.1, 0.15) is 5.82 Å². The van der Waals surface area contributed by atoms with Gasteiger partial charge in [-0.15, -0.1) is 0 Å². The fourth-order valence-corrected chi connectivity index (χ4v) is 1.74. The van der Waals surface area contributed by atoms with E-state index in [0.29, 0.717) is 5.92 Å². The third-order valence-electron chi connectivity index (χ3n) is 2.81. The molecule has 0 saturated heterocycles. The molecule has 2 heterocycles. The van der Waals surface area contributed by atoms with Gasteiger partial charge in [-0.3, -0.25) is 0 Å². The SMILES string of the molecule is CCC(C)c1cnc2n1C=CCC2. The first-order valence-corrected chi connectivity index (χ1v) is 5.05. The molecule has 2 rings (SSSR count). The van der Waals surface area contributed by atoms with Gasteiger partial charge in [0.2, 0.25) is 0 Å². The van der Waals surface area contributed by atoms with Crippen LogP contribution < -0.4 is 0 Å². The third kappa shape index (κ3) is 1.41. The van der Waals surface area contributed by atoms with Crippen molar-refractivity contribution < 1.29 is 0 Å². The maximum atomic E-state index is 4.44. The molecule has 0 bridgehead atoms. The Hall–Kier alpha value is -1.05. The van der Waals surface area contributed by atoms with Crippen LogP contribution in [0, 0.1) is 0 Å². The van der Waals surface area contributed by atoms with Crippen LogP contribution >= 0.6 is 0 Å². The second-order valence-corrected chi connectivity index (χ2v) is 3.70. The van der Waals surface area contributed by atoms with Gasteiger partial charge in [0.25, 0.3) is 0 Å². The fraction of sp³-hybridized carbons (Fsp3) is 0.545. The molecular formula is C11H16N2. The van der Waals surface area contributed by atoms with E-state index in [-0.39, 0.29) is 0 Å². The second kappa shape index (κ2) is 3.36. The van der Waals surface area contributed by atoms with Crippen molar-refractivity contribution in [2.24, 2.45) is 0 Å². The molecule has 0 saturated carbocycles. The average Bonchev–Trinajstić information content (AvgIpc) is 2.60. The van der Waals surface area contributed by atoms with Crippen LogP contribution in [0.25, 0.3) is 6.20 Å². The molecule has 1 unspecified atom stereocenters. The Morgan fingerprint density at radius 3 is 3.23 bits per heavy atom. The minimum absolute atomic E-state index is 0.615. The maximum absolute atomic E-state index is 4.44. The van der Waals surface area contributed by atoms with Crippen LogP contribution in [0.3, 0.4) is 0 Å². The number of hydrogen-bond acceptors (Lipinski definition) is 1. The van der Waals surface area contributed by atoms with Crippen molar-refractivity contribution in [2.45, 2.75) is 39.0 Å². The van der Waals surface area contributed by atoms with E-state index in [2.05, 4.69) is 35.7 Å². The van der Waals surface area contributed by atoms with E-state index in [1.54, 1.807) is 0 Å². The van der Waals surface area contributed by atoms with Gasteiger partial charge in [-0.1, -0.05) is 19.9 Å². The summed E-state index contributed by atoms with van der Waals surface area (Å²) in [5.41, 5.74) is 1.36. The fourth-order valence-electron chi connectivity index (χ4n) is 1.74. The van der Waals surface area contributed by atoms with Crippen molar-refractivity contribution in [3.05, 3.63) is 23.8 Å². The van der Waals surface area contributed by atoms with Crippen molar-refractivity contribution >= 4 is 6.20 Å². The number of imidazole rings is 1. The molecule has 0 radical (unpaired) electrons. The zero-order chi connectivity index (χ0) is 9.26. The molecule has 0 aromatic carbocycles. The van der Waals surface area contributed by atoms with Crippen molar-refractivity contribution in [3.63, 3.8) is 0 Å². The first-order chi connectivity index (χ1) is 6.33. The van der Waals surface area contributed by atoms with Crippen molar-refractivity contribution in [1.82, 2.24) is 9.55 Å². The average molecular weight is 176 g/mol. The molecular weight excluding hydrogens is 160 g/mol. The molecule has 0 amide bonds. The van der Waals surface area contributed by atoms with Gasteiger partial charge in [0.15, 0.2) is 0 Å². The van der Waals surface area contributed by atoms with Gasteiger partial charge in [-0.05, 0) is 18.8 Å². The van der Waals surface area contributed by atoms with Gasteiger partial charge in [0, 0.05) is 24.5 Å². The first-order valence-electron chi connectivity index (χ1n) is 5.05. The highest BCUT2D eigenvalue weighted by Gasteiger charge is 2.13. The highest BCUT2D eigenvalue weighted by Crippen LogP contribution is 2.22. The molecule has 70 valence electrons. The molecule has 2 heteroatoms. The van der Waals surface area contributed by atoms with Crippen LogP contribution in [0.5, 0.6) is 0 Å². The number of rotatable bonds is 2. The van der Waals surface area contributed by atoms with Gasteiger partial charge in [-0.25, -0.2) is 4.98 Å². The summed E-state index contributed by atoms with van der Waals surface area (Å²) in [6.45, 7) is 4.48. The Morgan fingerprint density at radius 1 is 1.62 bits per heavy atom. The molecule has 1 aliphatic heterocycles.